The van der Waals surface area contributed by atoms with Gasteiger partial charge < -0.3 is 14.2 Å². The topological polar surface area (TPSA) is 51.5 Å². The number of benzene rings is 1. The van der Waals surface area contributed by atoms with Crippen LogP contribution >= 0.6 is 0 Å². The van der Waals surface area contributed by atoms with Crippen LogP contribution in [0.1, 0.15) is 84.6 Å². The van der Waals surface area contributed by atoms with E-state index in [1.54, 1.807) is 16.5 Å². The number of aryl methyl sites for hydroxylation is 1. The number of amides is 1. The third-order valence-electron chi connectivity index (χ3n) is 6.17. The molecule has 1 aromatic carbocycles. The Hall–Kier alpha value is -2.56. The van der Waals surface area contributed by atoms with Crippen LogP contribution in [0.2, 0.25) is 0 Å². The number of carbonyl (C=O) groups excluding carboxylic acids is 1. The SMILES string of the molecule is Cn1cc(-c2ccc(C(C)(C)C)c(C(C)(C)C)c2)c2c(c1=O)CCN(C(=O)OC(C)(C)C)C2. The normalized spacial score (nSPS) is 14.8. The maximum absolute atomic E-state index is 12.9. The molecule has 0 saturated heterocycles. The number of nitrogens with zero attached hydrogens (tertiary/aromatic N) is 2. The second-order valence-electron chi connectivity index (χ2n) is 12.3. The molecule has 1 aliphatic rings. The number of aromatic nitrogens is 1. The fourth-order valence-corrected chi connectivity index (χ4v) is 4.51. The zero-order valence-electron chi connectivity index (χ0n) is 22.0. The van der Waals surface area contributed by atoms with Gasteiger partial charge >= 0.3 is 6.09 Å². The van der Waals surface area contributed by atoms with E-state index in [9.17, 15) is 9.59 Å². The molecule has 1 aliphatic heterocycles. The Morgan fingerprint density at radius 1 is 0.909 bits per heavy atom. The number of pyridine rings is 1. The molecular weight excluding hydrogens is 412 g/mol. The average Bonchev–Trinajstić information content (AvgIpc) is 2.67. The molecule has 0 saturated carbocycles. The highest BCUT2D eigenvalue weighted by Crippen LogP contribution is 2.38. The zero-order valence-corrected chi connectivity index (χ0v) is 22.0. The van der Waals surface area contributed by atoms with Gasteiger partial charge in [-0.15, -0.1) is 0 Å². The Labute approximate surface area is 198 Å². The van der Waals surface area contributed by atoms with Crippen molar-refractivity contribution in [2.24, 2.45) is 7.05 Å². The van der Waals surface area contributed by atoms with Gasteiger partial charge in [0.25, 0.3) is 5.56 Å². The van der Waals surface area contributed by atoms with Crippen molar-refractivity contribution in [3.63, 3.8) is 0 Å². The molecule has 5 heteroatoms. The van der Waals surface area contributed by atoms with Crippen LogP contribution in [0.25, 0.3) is 11.1 Å². The van der Waals surface area contributed by atoms with E-state index in [2.05, 4.69) is 59.7 Å². The summed E-state index contributed by atoms with van der Waals surface area (Å²) in [5.41, 5.74) is 5.89. The summed E-state index contributed by atoms with van der Waals surface area (Å²) in [6, 6.07) is 6.65. The lowest BCUT2D eigenvalue weighted by Crippen LogP contribution is -2.42. The molecule has 0 bridgehead atoms. The highest BCUT2D eigenvalue weighted by molar-refractivity contribution is 5.73. The Morgan fingerprint density at radius 3 is 2.06 bits per heavy atom. The molecule has 5 nitrogen and oxygen atoms in total. The molecular formula is C28H40N2O3. The van der Waals surface area contributed by atoms with Crippen LogP contribution in [0.15, 0.2) is 29.2 Å². The van der Waals surface area contributed by atoms with Crippen LogP contribution in [-0.4, -0.2) is 27.7 Å². The minimum Gasteiger partial charge on any atom is -0.444 e. The van der Waals surface area contributed by atoms with E-state index in [0.717, 1.165) is 22.3 Å². The number of hydrogen-bond acceptors (Lipinski definition) is 3. The summed E-state index contributed by atoms with van der Waals surface area (Å²) in [5, 5.41) is 0. The predicted molar refractivity (Wildman–Crippen MR) is 135 cm³/mol. The number of carbonyl (C=O) groups is 1. The monoisotopic (exact) mass is 452 g/mol. The van der Waals surface area contributed by atoms with Gasteiger partial charge in [-0.1, -0.05) is 59.7 Å². The standard InChI is InChI=1S/C28H40N2O3/c1-26(2,3)22-12-11-18(15-23(22)27(4,5)6)20-16-29(10)24(31)19-13-14-30(17-21(19)20)25(32)33-28(7,8)9/h11-12,15-16H,13-14,17H2,1-10H3. The molecule has 1 aromatic heterocycles. The minimum absolute atomic E-state index is 0.0138. The lowest BCUT2D eigenvalue weighted by Gasteiger charge is -2.33. The lowest BCUT2D eigenvalue weighted by atomic mass is 9.74. The lowest BCUT2D eigenvalue weighted by molar-refractivity contribution is 0.0224. The van der Waals surface area contributed by atoms with Crippen LogP contribution in [0.3, 0.4) is 0 Å². The maximum atomic E-state index is 12.9. The molecule has 2 aromatic rings. The molecule has 0 unspecified atom stereocenters. The molecule has 0 N–H and O–H groups in total. The van der Waals surface area contributed by atoms with Crippen LogP contribution in [-0.2, 0) is 35.6 Å². The first-order valence-electron chi connectivity index (χ1n) is 11.8. The van der Waals surface area contributed by atoms with Gasteiger partial charge in [-0.05, 0) is 60.3 Å². The summed E-state index contributed by atoms with van der Waals surface area (Å²) in [6.45, 7) is 19.9. The number of hydrogen-bond donors (Lipinski definition) is 0. The third-order valence-corrected chi connectivity index (χ3v) is 6.17. The van der Waals surface area contributed by atoms with Gasteiger partial charge in [0.05, 0.1) is 6.54 Å². The van der Waals surface area contributed by atoms with Crippen LogP contribution < -0.4 is 5.56 Å². The summed E-state index contributed by atoms with van der Waals surface area (Å²) in [6.07, 6.45) is 2.11. The van der Waals surface area contributed by atoms with E-state index in [-0.39, 0.29) is 22.5 Å². The van der Waals surface area contributed by atoms with Gasteiger partial charge in [-0.3, -0.25) is 4.79 Å². The van der Waals surface area contributed by atoms with E-state index < -0.39 is 5.60 Å². The van der Waals surface area contributed by atoms with Gasteiger partial charge in [0.2, 0.25) is 0 Å². The van der Waals surface area contributed by atoms with Crippen molar-refractivity contribution < 1.29 is 9.53 Å². The Morgan fingerprint density at radius 2 is 1.52 bits per heavy atom. The molecule has 33 heavy (non-hydrogen) atoms. The Kier molecular flexibility index (Phi) is 6.33. The fraction of sp³-hybridized carbons (Fsp3) is 0.571. The Balaban J connectivity index is 2.15. The van der Waals surface area contributed by atoms with Crippen molar-refractivity contribution in [2.45, 2.75) is 91.7 Å². The summed E-state index contributed by atoms with van der Waals surface area (Å²) in [7, 11) is 1.81. The van der Waals surface area contributed by atoms with Crippen LogP contribution in [0.5, 0.6) is 0 Å². The third kappa shape index (κ3) is 5.34. The molecule has 1 amide bonds. The van der Waals surface area contributed by atoms with E-state index in [1.807, 2.05) is 27.0 Å². The number of ether oxygens (including phenoxy) is 1. The first kappa shape index (κ1) is 25.1. The summed E-state index contributed by atoms with van der Waals surface area (Å²) >= 11 is 0. The van der Waals surface area contributed by atoms with Crippen molar-refractivity contribution in [3.8, 4) is 11.1 Å². The highest BCUT2D eigenvalue weighted by atomic mass is 16.6. The summed E-state index contributed by atoms with van der Waals surface area (Å²) < 4.78 is 7.28. The molecule has 0 aliphatic carbocycles. The first-order chi connectivity index (χ1) is 15.0. The van der Waals surface area contributed by atoms with Crippen LogP contribution in [0.4, 0.5) is 4.79 Å². The van der Waals surface area contributed by atoms with Gasteiger partial charge in [-0.2, -0.15) is 0 Å². The minimum atomic E-state index is -0.558. The van der Waals surface area contributed by atoms with Crippen molar-refractivity contribution in [2.75, 3.05) is 6.54 Å². The smallest absolute Gasteiger partial charge is 0.410 e. The van der Waals surface area contributed by atoms with E-state index in [0.29, 0.717) is 19.5 Å². The van der Waals surface area contributed by atoms with Gasteiger partial charge in [0, 0.05) is 30.9 Å². The second-order valence-corrected chi connectivity index (χ2v) is 12.3. The quantitative estimate of drug-likeness (QED) is 0.538. The molecule has 3 rings (SSSR count). The summed E-state index contributed by atoms with van der Waals surface area (Å²) in [4.78, 5) is 27.4. The van der Waals surface area contributed by atoms with E-state index in [4.69, 9.17) is 4.74 Å². The maximum Gasteiger partial charge on any atom is 0.410 e. The largest absolute Gasteiger partial charge is 0.444 e. The molecule has 0 radical (unpaired) electrons. The highest BCUT2D eigenvalue weighted by Gasteiger charge is 2.30. The number of rotatable bonds is 1. The van der Waals surface area contributed by atoms with Gasteiger partial charge in [0.15, 0.2) is 0 Å². The van der Waals surface area contributed by atoms with Crippen molar-refractivity contribution in [1.29, 1.82) is 0 Å². The predicted octanol–water partition coefficient (Wildman–Crippen LogP) is 5.94. The van der Waals surface area contributed by atoms with Crippen molar-refractivity contribution in [1.82, 2.24) is 9.47 Å². The zero-order chi connectivity index (χ0) is 24.9. The summed E-state index contributed by atoms with van der Waals surface area (Å²) in [5.74, 6) is 0. The second kappa shape index (κ2) is 8.34. The van der Waals surface area contributed by atoms with E-state index in [1.165, 1.54) is 11.1 Å². The van der Waals surface area contributed by atoms with Crippen molar-refractivity contribution >= 4 is 6.09 Å². The van der Waals surface area contributed by atoms with Crippen LogP contribution in [0, 0.1) is 0 Å². The first-order valence-corrected chi connectivity index (χ1v) is 11.8. The number of fused-ring (bicyclic) bond motifs is 1. The van der Waals surface area contributed by atoms with Gasteiger partial charge in [-0.25, -0.2) is 4.79 Å². The van der Waals surface area contributed by atoms with E-state index >= 15 is 0 Å². The Bertz CT molecular complexity index is 1120. The van der Waals surface area contributed by atoms with Crippen molar-refractivity contribution in [3.05, 3.63) is 57.0 Å². The van der Waals surface area contributed by atoms with Gasteiger partial charge in [0.1, 0.15) is 5.60 Å². The molecule has 0 fully saturated rings. The molecule has 2 heterocycles. The average molecular weight is 453 g/mol. The molecule has 180 valence electrons. The molecule has 0 atom stereocenters. The molecule has 0 spiro atoms. The fourth-order valence-electron chi connectivity index (χ4n) is 4.51.